The van der Waals surface area contributed by atoms with Crippen LogP contribution in [0.1, 0.15) is 63.5 Å². The summed E-state index contributed by atoms with van der Waals surface area (Å²) in [4.78, 5) is 40.6. The molecule has 7 nitrogen and oxygen atoms in total. The third-order valence-corrected chi connectivity index (χ3v) is 6.48. The van der Waals surface area contributed by atoms with Crippen LogP contribution >= 0.6 is 11.3 Å². The van der Waals surface area contributed by atoms with Crippen LogP contribution < -0.4 is 5.56 Å². The molecule has 3 aromatic rings. The fourth-order valence-corrected chi connectivity index (χ4v) is 5.05. The van der Waals surface area contributed by atoms with Crippen LogP contribution in [0, 0.1) is 32.1 Å². The molecule has 4 heterocycles. The Morgan fingerprint density at radius 3 is 2.59 bits per heavy atom. The second kappa shape index (κ2) is 7.48. The van der Waals surface area contributed by atoms with E-state index in [4.69, 9.17) is 4.98 Å². The Morgan fingerprint density at radius 2 is 1.90 bits per heavy atom. The average molecular weight is 407 g/mol. The van der Waals surface area contributed by atoms with Crippen LogP contribution in [0.3, 0.4) is 0 Å². The number of nitrogens with zero attached hydrogens (tertiary/aromatic N) is 5. The van der Waals surface area contributed by atoms with Gasteiger partial charge >= 0.3 is 0 Å². The van der Waals surface area contributed by atoms with E-state index < -0.39 is 5.92 Å². The van der Waals surface area contributed by atoms with E-state index >= 15 is 0 Å². The molecule has 0 saturated carbocycles. The summed E-state index contributed by atoms with van der Waals surface area (Å²) in [6.45, 7) is 6.03. The predicted octanol–water partition coefficient (Wildman–Crippen LogP) is 3.39. The molecule has 29 heavy (non-hydrogen) atoms. The van der Waals surface area contributed by atoms with Gasteiger partial charge in [0.25, 0.3) is 5.56 Å². The van der Waals surface area contributed by atoms with Crippen molar-refractivity contribution in [1.29, 1.82) is 5.26 Å². The summed E-state index contributed by atoms with van der Waals surface area (Å²) in [7, 11) is 0. The van der Waals surface area contributed by atoms with Gasteiger partial charge in [-0.15, -0.1) is 11.3 Å². The van der Waals surface area contributed by atoms with Crippen molar-refractivity contribution in [2.24, 2.45) is 0 Å². The lowest BCUT2D eigenvalue weighted by Crippen LogP contribution is -2.24. The minimum atomic E-state index is -1.11. The Hall–Kier alpha value is -2.92. The van der Waals surface area contributed by atoms with Crippen LogP contribution in [-0.4, -0.2) is 25.3 Å². The number of aryl methyl sites for hydroxylation is 4. The van der Waals surface area contributed by atoms with E-state index in [0.717, 1.165) is 31.5 Å². The topological polar surface area (TPSA) is 102 Å². The standard InChI is InChI=1S/C21H21N5O2S/c1-11-9-12(2)24-19(23-11)14(10-22)17(27)18-13(3)16-20(29-18)25-15-7-5-4-6-8-26(15)21(16)28/h9,14H,4-8H2,1-3H3. The van der Waals surface area contributed by atoms with Gasteiger partial charge in [-0.2, -0.15) is 5.26 Å². The van der Waals surface area contributed by atoms with Crippen molar-refractivity contribution in [2.45, 2.75) is 58.9 Å². The Kier molecular flexibility index (Phi) is 5.01. The monoisotopic (exact) mass is 407 g/mol. The number of Topliss-reactive ketones (excluding diaryl/α,β-unsaturated/α-hetero) is 1. The summed E-state index contributed by atoms with van der Waals surface area (Å²) in [6.07, 6.45) is 3.81. The summed E-state index contributed by atoms with van der Waals surface area (Å²) in [6, 6.07) is 3.85. The second-order valence-corrected chi connectivity index (χ2v) is 8.47. The van der Waals surface area contributed by atoms with Gasteiger partial charge in [-0.1, -0.05) is 6.42 Å². The zero-order valence-corrected chi connectivity index (χ0v) is 17.5. The molecule has 1 aliphatic rings. The first kappa shape index (κ1) is 19.4. The molecule has 0 spiro atoms. The van der Waals surface area contributed by atoms with Crippen LogP contribution in [0.5, 0.6) is 0 Å². The summed E-state index contributed by atoms with van der Waals surface area (Å²) in [5.41, 5.74) is 1.92. The van der Waals surface area contributed by atoms with E-state index in [2.05, 4.69) is 9.97 Å². The number of thiophene rings is 1. The number of nitriles is 1. The van der Waals surface area contributed by atoms with Crippen molar-refractivity contribution in [3.8, 4) is 6.07 Å². The molecule has 8 heteroatoms. The molecule has 0 aliphatic carbocycles. The summed E-state index contributed by atoms with van der Waals surface area (Å²) < 4.78 is 1.75. The minimum Gasteiger partial charge on any atom is -0.296 e. The smallest absolute Gasteiger partial charge is 0.262 e. The zero-order chi connectivity index (χ0) is 20.7. The van der Waals surface area contributed by atoms with Crippen molar-refractivity contribution in [3.63, 3.8) is 0 Å². The molecule has 4 rings (SSSR count). The number of hydrogen-bond donors (Lipinski definition) is 0. The summed E-state index contributed by atoms with van der Waals surface area (Å²) >= 11 is 1.19. The molecule has 1 atom stereocenters. The highest BCUT2D eigenvalue weighted by atomic mass is 32.1. The molecular weight excluding hydrogens is 386 g/mol. The van der Waals surface area contributed by atoms with Crippen LogP contribution in [0.2, 0.25) is 0 Å². The van der Waals surface area contributed by atoms with Gasteiger partial charge in [0, 0.05) is 24.4 Å². The molecule has 0 bridgehead atoms. The van der Waals surface area contributed by atoms with Gasteiger partial charge in [-0.05, 0) is 45.2 Å². The molecule has 0 amide bonds. The second-order valence-electron chi connectivity index (χ2n) is 7.47. The molecule has 0 N–H and O–H groups in total. The normalized spacial score (nSPS) is 14.8. The summed E-state index contributed by atoms with van der Waals surface area (Å²) in [5.74, 6) is -0.499. The Bertz CT molecular complexity index is 1210. The van der Waals surface area contributed by atoms with Crippen molar-refractivity contribution < 1.29 is 4.79 Å². The number of carbonyl (C=O) groups is 1. The van der Waals surface area contributed by atoms with E-state index in [0.29, 0.717) is 38.6 Å². The van der Waals surface area contributed by atoms with E-state index in [1.807, 2.05) is 6.07 Å². The summed E-state index contributed by atoms with van der Waals surface area (Å²) in [5, 5.41) is 10.2. The SMILES string of the molecule is Cc1cc(C)nc(C(C#N)C(=O)c2sc3nc4n(c(=O)c3c2C)CCCCC4)n1. The third-order valence-electron chi connectivity index (χ3n) is 5.28. The minimum absolute atomic E-state index is 0.0872. The van der Waals surface area contributed by atoms with E-state index in [1.54, 1.807) is 31.4 Å². The lowest BCUT2D eigenvalue weighted by atomic mass is 10.0. The number of fused-ring (bicyclic) bond motifs is 2. The predicted molar refractivity (Wildman–Crippen MR) is 110 cm³/mol. The molecular formula is C21H21N5O2S. The Labute approximate surface area is 172 Å². The van der Waals surface area contributed by atoms with Crippen molar-refractivity contribution in [1.82, 2.24) is 19.5 Å². The molecule has 1 aliphatic heterocycles. The fourth-order valence-electron chi connectivity index (χ4n) is 3.89. The first-order chi connectivity index (χ1) is 13.9. The van der Waals surface area contributed by atoms with Gasteiger partial charge in [-0.3, -0.25) is 14.2 Å². The van der Waals surface area contributed by atoms with Gasteiger partial charge in [0.1, 0.15) is 10.7 Å². The van der Waals surface area contributed by atoms with E-state index in [9.17, 15) is 14.9 Å². The van der Waals surface area contributed by atoms with Crippen LogP contribution in [0.15, 0.2) is 10.9 Å². The highest BCUT2D eigenvalue weighted by molar-refractivity contribution is 7.20. The maximum absolute atomic E-state index is 13.2. The van der Waals surface area contributed by atoms with Gasteiger partial charge in [0.15, 0.2) is 17.5 Å². The molecule has 1 unspecified atom stereocenters. The van der Waals surface area contributed by atoms with Gasteiger partial charge in [0.2, 0.25) is 0 Å². The number of hydrogen-bond acceptors (Lipinski definition) is 7. The van der Waals surface area contributed by atoms with Crippen molar-refractivity contribution in [2.75, 3.05) is 0 Å². The third kappa shape index (κ3) is 3.36. The lowest BCUT2D eigenvalue weighted by Gasteiger charge is -2.08. The van der Waals surface area contributed by atoms with Gasteiger partial charge in [-0.25, -0.2) is 15.0 Å². The van der Waals surface area contributed by atoms with E-state index in [1.165, 1.54) is 11.3 Å². The number of rotatable bonds is 3. The lowest BCUT2D eigenvalue weighted by molar-refractivity contribution is 0.0979. The first-order valence-corrected chi connectivity index (χ1v) is 10.5. The van der Waals surface area contributed by atoms with Crippen LogP contribution in [0.25, 0.3) is 10.2 Å². The quantitative estimate of drug-likeness (QED) is 0.617. The van der Waals surface area contributed by atoms with Gasteiger partial charge in [0.05, 0.1) is 16.3 Å². The Balaban J connectivity index is 1.84. The zero-order valence-electron chi connectivity index (χ0n) is 16.7. The number of ketones is 1. The highest BCUT2D eigenvalue weighted by Crippen LogP contribution is 2.32. The van der Waals surface area contributed by atoms with Crippen molar-refractivity contribution in [3.05, 3.63) is 49.9 Å². The maximum atomic E-state index is 13.2. The van der Waals surface area contributed by atoms with E-state index in [-0.39, 0.29) is 17.2 Å². The highest BCUT2D eigenvalue weighted by Gasteiger charge is 2.30. The maximum Gasteiger partial charge on any atom is 0.262 e. The fraction of sp³-hybridized carbons (Fsp3) is 0.429. The van der Waals surface area contributed by atoms with Crippen LogP contribution in [-0.2, 0) is 13.0 Å². The molecule has 148 valence electrons. The number of carbonyl (C=O) groups excluding carboxylic acids is 1. The average Bonchev–Trinajstić information content (AvgIpc) is 2.84. The Morgan fingerprint density at radius 1 is 1.17 bits per heavy atom. The molecule has 3 aromatic heterocycles. The molecule has 0 aromatic carbocycles. The van der Waals surface area contributed by atoms with Gasteiger partial charge < -0.3 is 0 Å². The van der Waals surface area contributed by atoms with Crippen molar-refractivity contribution >= 4 is 27.3 Å². The first-order valence-electron chi connectivity index (χ1n) is 9.69. The van der Waals surface area contributed by atoms with Crippen LogP contribution in [0.4, 0.5) is 0 Å². The molecule has 0 radical (unpaired) electrons. The molecule has 0 saturated heterocycles. The largest absolute Gasteiger partial charge is 0.296 e. The number of aromatic nitrogens is 4. The molecule has 0 fully saturated rings.